The van der Waals surface area contributed by atoms with E-state index in [2.05, 4.69) is 208 Å². The highest BCUT2D eigenvalue weighted by Gasteiger charge is 2.36. The van der Waals surface area contributed by atoms with Gasteiger partial charge < -0.3 is 9.32 Å². The van der Waals surface area contributed by atoms with Crippen LogP contribution in [-0.2, 0) is 5.41 Å². The molecule has 2 nitrogen and oxygen atoms in total. The lowest BCUT2D eigenvalue weighted by Gasteiger charge is -2.28. The van der Waals surface area contributed by atoms with Crippen LogP contribution in [0.4, 0.5) is 17.1 Å². The molecule has 0 spiro atoms. The maximum Gasteiger partial charge on any atom is 0.135 e. The zero-order valence-electron chi connectivity index (χ0n) is 32.8. The van der Waals surface area contributed by atoms with Crippen molar-refractivity contribution < 1.29 is 4.42 Å². The zero-order chi connectivity index (χ0) is 39.0. The van der Waals surface area contributed by atoms with Crippen molar-refractivity contribution in [1.82, 2.24) is 0 Å². The molecule has 0 aliphatic heterocycles. The monoisotopic (exact) mass is 743 g/mol. The summed E-state index contributed by atoms with van der Waals surface area (Å²) in [6, 6.07) is 70.7. The molecule has 276 valence electrons. The smallest absolute Gasteiger partial charge is 0.135 e. The molecule has 0 fully saturated rings. The number of benzene rings is 9. The first-order chi connectivity index (χ1) is 28.4. The zero-order valence-corrected chi connectivity index (χ0v) is 32.8. The minimum absolute atomic E-state index is 0.119. The van der Waals surface area contributed by atoms with E-state index in [-0.39, 0.29) is 5.41 Å². The fourth-order valence-electron chi connectivity index (χ4n) is 9.47. The summed E-state index contributed by atoms with van der Waals surface area (Å²) in [6.07, 6.45) is 0. The third-order valence-electron chi connectivity index (χ3n) is 12.4. The molecule has 0 atom stereocenters. The van der Waals surface area contributed by atoms with Crippen LogP contribution < -0.4 is 4.90 Å². The maximum atomic E-state index is 6.14. The van der Waals surface area contributed by atoms with Crippen LogP contribution in [0.25, 0.3) is 77.2 Å². The van der Waals surface area contributed by atoms with Gasteiger partial charge in [-0.15, -0.1) is 0 Å². The third kappa shape index (κ3) is 5.40. The first-order valence-electron chi connectivity index (χ1n) is 20.2. The van der Waals surface area contributed by atoms with E-state index < -0.39 is 0 Å². The van der Waals surface area contributed by atoms with Crippen molar-refractivity contribution in [2.75, 3.05) is 4.90 Å². The fourth-order valence-corrected chi connectivity index (χ4v) is 9.47. The second-order valence-electron chi connectivity index (χ2n) is 16.2. The predicted octanol–water partition coefficient (Wildman–Crippen LogP) is 15.8. The van der Waals surface area contributed by atoms with Gasteiger partial charge in [-0.2, -0.15) is 0 Å². The van der Waals surface area contributed by atoms with E-state index in [4.69, 9.17) is 4.42 Å². The van der Waals surface area contributed by atoms with Gasteiger partial charge in [0.25, 0.3) is 0 Å². The second kappa shape index (κ2) is 13.2. The average Bonchev–Trinajstić information content (AvgIpc) is 3.76. The minimum atomic E-state index is -0.119. The average molecular weight is 744 g/mol. The van der Waals surface area contributed by atoms with Gasteiger partial charge in [-0.25, -0.2) is 0 Å². The van der Waals surface area contributed by atoms with Gasteiger partial charge in [0, 0.05) is 33.2 Å². The van der Waals surface area contributed by atoms with Gasteiger partial charge >= 0.3 is 0 Å². The van der Waals surface area contributed by atoms with E-state index >= 15 is 0 Å². The molecule has 0 saturated carbocycles. The van der Waals surface area contributed by atoms with Crippen molar-refractivity contribution in [2.45, 2.75) is 26.2 Å². The van der Waals surface area contributed by atoms with Crippen LogP contribution in [0.15, 0.2) is 199 Å². The molecule has 1 aromatic heterocycles. The normalized spacial score (nSPS) is 12.9. The number of anilines is 3. The predicted molar refractivity (Wildman–Crippen MR) is 245 cm³/mol. The van der Waals surface area contributed by atoms with E-state index in [1.54, 1.807) is 0 Å². The lowest BCUT2D eigenvalue weighted by molar-refractivity contribution is 0.660. The van der Waals surface area contributed by atoms with E-state index in [1.165, 1.54) is 66.4 Å². The molecular weight excluding hydrogens is 703 g/mol. The molecule has 11 rings (SSSR count). The molecule has 0 amide bonds. The number of furan rings is 1. The highest BCUT2D eigenvalue weighted by molar-refractivity contribution is 6.07. The lowest BCUT2D eigenvalue weighted by Crippen LogP contribution is -2.16. The number of hydrogen-bond acceptors (Lipinski definition) is 2. The highest BCUT2D eigenvalue weighted by atomic mass is 16.3. The Labute approximate surface area is 339 Å². The van der Waals surface area contributed by atoms with E-state index in [0.29, 0.717) is 0 Å². The fraction of sp³-hybridized carbons (Fsp3) is 0.0714. The number of rotatable bonds is 6. The number of nitrogens with zero attached hydrogens (tertiary/aromatic N) is 1. The number of hydrogen-bond donors (Lipinski definition) is 0. The summed E-state index contributed by atoms with van der Waals surface area (Å²) in [5, 5.41) is 4.78. The van der Waals surface area contributed by atoms with Crippen LogP contribution in [0.1, 0.15) is 30.5 Å². The molecule has 0 bridgehead atoms. The Morgan fingerprint density at radius 1 is 0.397 bits per heavy atom. The summed E-state index contributed by atoms with van der Waals surface area (Å²) >= 11 is 0. The Morgan fingerprint density at radius 3 is 1.83 bits per heavy atom. The molecule has 58 heavy (non-hydrogen) atoms. The molecule has 0 unspecified atom stereocenters. The number of fused-ring (bicyclic) bond motifs is 7. The summed E-state index contributed by atoms with van der Waals surface area (Å²) in [5.74, 6) is 0. The van der Waals surface area contributed by atoms with Gasteiger partial charge in [0.1, 0.15) is 11.2 Å². The van der Waals surface area contributed by atoms with Gasteiger partial charge in [0.15, 0.2) is 0 Å². The van der Waals surface area contributed by atoms with Gasteiger partial charge in [-0.1, -0.05) is 153 Å². The van der Waals surface area contributed by atoms with E-state index in [0.717, 1.165) is 44.6 Å². The number of aryl methyl sites for hydroxylation is 1. The van der Waals surface area contributed by atoms with Crippen LogP contribution >= 0.6 is 0 Å². The Hall–Kier alpha value is -7.16. The standard InChI is InChI=1S/C56H41NO/c1-36-12-11-18-50-54(36)48-32-30-44(35-51(48)56(50,2)3)57(42-26-20-37(21-27-42)41-25-33-53-49(34-41)47-17-9-10-19-52(47)58-53)43-28-22-39(23-29-43)46-31-24-38-13-7-8-16-45(38)55(46)40-14-5-4-6-15-40/h4-35H,1-3H3. The number of para-hydroxylation sites is 1. The van der Waals surface area contributed by atoms with Gasteiger partial charge in [-0.05, 0) is 133 Å². The minimum Gasteiger partial charge on any atom is -0.456 e. The molecule has 1 aliphatic carbocycles. The van der Waals surface area contributed by atoms with Crippen LogP contribution in [0.5, 0.6) is 0 Å². The summed E-state index contributed by atoms with van der Waals surface area (Å²) in [6.45, 7) is 6.96. The molecule has 2 heteroatoms. The summed E-state index contributed by atoms with van der Waals surface area (Å²) < 4.78 is 6.14. The first kappa shape index (κ1) is 34.1. The van der Waals surface area contributed by atoms with Crippen molar-refractivity contribution in [1.29, 1.82) is 0 Å². The molecule has 1 heterocycles. The lowest BCUT2D eigenvalue weighted by atomic mass is 9.82. The first-order valence-corrected chi connectivity index (χ1v) is 20.2. The van der Waals surface area contributed by atoms with Crippen molar-refractivity contribution >= 4 is 49.8 Å². The van der Waals surface area contributed by atoms with E-state index in [1.807, 2.05) is 12.1 Å². The van der Waals surface area contributed by atoms with Crippen molar-refractivity contribution in [2.24, 2.45) is 0 Å². The van der Waals surface area contributed by atoms with Crippen LogP contribution in [0.3, 0.4) is 0 Å². The summed E-state index contributed by atoms with van der Waals surface area (Å²) in [5.41, 5.74) is 19.1. The molecular formula is C56H41NO. The molecule has 1 aliphatic rings. The molecule has 0 saturated heterocycles. The van der Waals surface area contributed by atoms with Crippen molar-refractivity contribution in [3.05, 3.63) is 211 Å². The van der Waals surface area contributed by atoms with Crippen LogP contribution in [0.2, 0.25) is 0 Å². The molecule has 0 radical (unpaired) electrons. The van der Waals surface area contributed by atoms with E-state index in [9.17, 15) is 0 Å². The highest BCUT2D eigenvalue weighted by Crippen LogP contribution is 2.52. The summed E-state index contributed by atoms with van der Waals surface area (Å²) in [7, 11) is 0. The topological polar surface area (TPSA) is 16.4 Å². The molecule has 10 aromatic rings. The largest absolute Gasteiger partial charge is 0.456 e. The Kier molecular flexibility index (Phi) is 7.78. The third-order valence-corrected chi connectivity index (χ3v) is 12.4. The summed E-state index contributed by atoms with van der Waals surface area (Å²) in [4.78, 5) is 2.41. The van der Waals surface area contributed by atoms with Gasteiger partial charge in [0.05, 0.1) is 0 Å². The Morgan fingerprint density at radius 2 is 1.03 bits per heavy atom. The SMILES string of the molecule is Cc1cccc2c1-c1ccc(N(c3ccc(-c4ccc5oc6ccccc6c5c4)cc3)c3ccc(-c4ccc5ccccc5c4-c4ccccc4)cc3)cc1C2(C)C. The molecule has 0 N–H and O–H groups in total. The Balaban J connectivity index is 1.03. The van der Waals surface area contributed by atoms with Gasteiger partial charge in [0.2, 0.25) is 0 Å². The van der Waals surface area contributed by atoms with Crippen LogP contribution in [-0.4, -0.2) is 0 Å². The quantitative estimate of drug-likeness (QED) is 0.169. The Bertz CT molecular complexity index is 3190. The molecule has 9 aromatic carbocycles. The van der Waals surface area contributed by atoms with Crippen molar-refractivity contribution in [3.8, 4) is 44.5 Å². The van der Waals surface area contributed by atoms with Crippen molar-refractivity contribution in [3.63, 3.8) is 0 Å². The maximum absolute atomic E-state index is 6.14. The van der Waals surface area contributed by atoms with Crippen LogP contribution in [0, 0.1) is 6.92 Å². The second-order valence-corrected chi connectivity index (χ2v) is 16.2. The van der Waals surface area contributed by atoms with Gasteiger partial charge in [-0.3, -0.25) is 0 Å².